The van der Waals surface area contributed by atoms with Crippen molar-refractivity contribution >= 4 is 28.1 Å². The molecule has 0 aliphatic carbocycles. The van der Waals surface area contributed by atoms with Crippen LogP contribution in [0.4, 0.5) is 0 Å². The van der Waals surface area contributed by atoms with E-state index in [1.165, 1.54) is 0 Å². The van der Waals surface area contributed by atoms with Crippen LogP contribution < -0.4 is 5.43 Å². The van der Waals surface area contributed by atoms with Gasteiger partial charge in [0.05, 0.1) is 12.8 Å². The maximum absolute atomic E-state index is 12.0. The largest absolute Gasteiger partial charge is 0.291 e. The van der Waals surface area contributed by atoms with Crippen molar-refractivity contribution in [3.63, 3.8) is 0 Å². The number of rotatable bonds is 5. The molecule has 6 nitrogen and oxygen atoms in total. The van der Waals surface area contributed by atoms with Gasteiger partial charge in [-0.1, -0.05) is 28.1 Å². The van der Waals surface area contributed by atoms with Crippen LogP contribution in [0.2, 0.25) is 0 Å². The van der Waals surface area contributed by atoms with Crippen molar-refractivity contribution in [1.29, 1.82) is 0 Å². The summed E-state index contributed by atoms with van der Waals surface area (Å²) in [5, 5.41) is 8.18. The van der Waals surface area contributed by atoms with Crippen LogP contribution in [0.1, 0.15) is 21.6 Å². The smallest absolute Gasteiger partial charge is 0.268 e. The molecular weight excluding hydrogens is 370 g/mol. The van der Waals surface area contributed by atoms with Gasteiger partial charge in [-0.25, -0.2) is 5.43 Å². The van der Waals surface area contributed by atoms with Crippen LogP contribution in [-0.4, -0.2) is 26.9 Å². The summed E-state index contributed by atoms with van der Waals surface area (Å²) < 4.78 is 2.74. The molecule has 0 atom stereocenters. The molecule has 0 fully saturated rings. The molecular formula is C17H14BrN5O. The van der Waals surface area contributed by atoms with Crippen molar-refractivity contribution in [3.05, 3.63) is 82.3 Å². The number of carbonyl (C=O) groups is 1. The first-order valence-corrected chi connectivity index (χ1v) is 8.01. The van der Waals surface area contributed by atoms with Gasteiger partial charge in [0.2, 0.25) is 0 Å². The number of nitrogens with one attached hydrogen (secondary N) is 1. The molecule has 0 radical (unpaired) electrons. The van der Waals surface area contributed by atoms with Crippen LogP contribution >= 0.6 is 15.9 Å². The SMILES string of the molecule is O=C(N/N=C/c1ccncc1)c1ccn(Cc2ccc(Br)cc2)n1. The van der Waals surface area contributed by atoms with Gasteiger partial charge in [-0.2, -0.15) is 10.2 Å². The van der Waals surface area contributed by atoms with Gasteiger partial charge in [-0.05, 0) is 41.5 Å². The number of carbonyl (C=O) groups excluding carboxylic acids is 1. The Morgan fingerprint density at radius 2 is 1.92 bits per heavy atom. The third kappa shape index (κ3) is 4.36. The van der Waals surface area contributed by atoms with E-state index in [-0.39, 0.29) is 5.91 Å². The second-order valence-corrected chi connectivity index (χ2v) is 5.92. The Labute approximate surface area is 147 Å². The highest BCUT2D eigenvalue weighted by Gasteiger charge is 2.08. The molecule has 0 aliphatic heterocycles. The molecule has 120 valence electrons. The number of nitrogens with zero attached hydrogens (tertiary/aromatic N) is 4. The summed E-state index contributed by atoms with van der Waals surface area (Å²) in [6, 6.07) is 13.2. The molecule has 0 unspecified atom stereocenters. The van der Waals surface area contributed by atoms with Gasteiger partial charge >= 0.3 is 0 Å². The molecule has 1 aromatic carbocycles. The first kappa shape index (κ1) is 16.1. The normalized spacial score (nSPS) is 10.9. The predicted octanol–water partition coefficient (Wildman–Crippen LogP) is 2.85. The average Bonchev–Trinajstić information content (AvgIpc) is 3.06. The van der Waals surface area contributed by atoms with Crippen LogP contribution in [0, 0.1) is 0 Å². The number of amides is 1. The monoisotopic (exact) mass is 383 g/mol. The highest BCUT2D eigenvalue weighted by molar-refractivity contribution is 9.10. The van der Waals surface area contributed by atoms with Gasteiger partial charge in [0.15, 0.2) is 5.69 Å². The van der Waals surface area contributed by atoms with Crippen LogP contribution in [0.3, 0.4) is 0 Å². The molecule has 1 amide bonds. The first-order valence-electron chi connectivity index (χ1n) is 7.22. The second-order valence-electron chi connectivity index (χ2n) is 5.00. The molecule has 1 N–H and O–H groups in total. The lowest BCUT2D eigenvalue weighted by atomic mass is 10.2. The van der Waals surface area contributed by atoms with E-state index >= 15 is 0 Å². The second kappa shape index (κ2) is 7.65. The Kier molecular flexibility index (Phi) is 5.12. The summed E-state index contributed by atoms with van der Waals surface area (Å²) in [5.74, 6) is -0.352. The van der Waals surface area contributed by atoms with E-state index in [0.717, 1.165) is 15.6 Å². The number of hydrogen-bond acceptors (Lipinski definition) is 4. The number of hydrogen-bond donors (Lipinski definition) is 1. The summed E-state index contributed by atoms with van der Waals surface area (Å²) in [5.41, 5.74) is 4.73. The predicted molar refractivity (Wildman–Crippen MR) is 94.8 cm³/mol. The number of aromatic nitrogens is 3. The van der Waals surface area contributed by atoms with Gasteiger partial charge < -0.3 is 0 Å². The zero-order valence-corrected chi connectivity index (χ0v) is 14.2. The molecule has 0 bridgehead atoms. The minimum absolute atomic E-state index is 0.319. The minimum atomic E-state index is -0.352. The molecule has 0 saturated heterocycles. The number of halogens is 1. The molecule has 2 aromatic heterocycles. The van der Waals surface area contributed by atoms with Crippen LogP contribution in [0.15, 0.2) is 70.6 Å². The van der Waals surface area contributed by atoms with Crippen molar-refractivity contribution < 1.29 is 4.79 Å². The average molecular weight is 384 g/mol. The Hall–Kier alpha value is -2.80. The molecule has 7 heteroatoms. The number of benzene rings is 1. The lowest BCUT2D eigenvalue weighted by molar-refractivity contribution is 0.0949. The third-order valence-electron chi connectivity index (χ3n) is 3.22. The summed E-state index contributed by atoms with van der Waals surface area (Å²) in [4.78, 5) is 15.9. The Balaban J connectivity index is 1.59. The first-order chi connectivity index (χ1) is 11.7. The topological polar surface area (TPSA) is 72.2 Å². The van der Waals surface area contributed by atoms with E-state index in [9.17, 15) is 4.79 Å². The maximum atomic E-state index is 12.0. The van der Waals surface area contributed by atoms with Crippen molar-refractivity contribution in [3.8, 4) is 0 Å². The minimum Gasteiger partial charge on any atom is -0.268 e. The Morgan fingerprint density at radius 1 is 1.17 bits per heavy atom. The van der Waals surface area contributed by atoms with Gasteiger partial charge in [-0.15, -0.1) is 0 Å². The quantitative estimate of drug-likeness (QED) is 0.543. The molecule has 2 heterocycles. The third-order valence-corrected chi connectivity index (χ3v) is 3.75. The zero-order chi connectivity index (χ0) is 16.8. The molecule has 24 heavy (non-hydrogen) atoms. The molecule has 3 aromatic rings. The summed E-state index contributed by atoms with van der Waals surface area (Å²) >= 11 is 3.40. The maximum Gasteiger partial charge on any atom is 0.291 e. The van der Waals surface area contributed by atoms with E-state index in [0.29, 0.717) is 12.2 Å². The van der Waals surface area contributed by atoms with E-state index in [1.54, 1.807) is 47.7 Å². The van der Waals surface area contributed by atoms with E-state index in [2.05, 4.69) is 36.5 Å². The number of hydrazone groups is 1. The highest BCUT2D eigenvalue weighted by atomic mass is 79.9. The molecule has 0 saturated carbocycles. The van der Waals surface area contributed by atoms with E-state index < -0.39 is 0 Å². The summed E-state index contributed by atoms with van der Waals surface area (Å²) in [6.45, 7) is 0.598. The Morgan fingerprint density at radius 3 is 2.67 bits per heavy atom. The molecule has 0 spiro atoms. The van der Waals surface area contributed by atoms with Crippen molar-refractivity contribution in [2.75, 3.05) is 0 Å². The van der Waals surface area contributed by atoms with Gasteiger partial charge in [0.1, 0.15) is 0 Å². The summed E-state index contributed by atoms with van der Waals surface area (Å²) in [7, 11) is 0. The Bertz CT molecular complexity index is 843. The van der Waals surface area contributed by atoms with Gasteiger partial charge in [-0.3, -0.25) is 14.5 Å². The lowest BCUT2D eigenvalue weighted by Gasteiger charge is -2.02. The fourth-order valence-corrected chi connectivity index (χ4v) is 2.28. The van der Waals surface area contributed by atoms with Crippen molar-refractivity contribution in [1.82, 2.24) is 20.2 Å². The lowest BCUT2D eigenvalue weighted by Crippen LogP contribution is -2.18. The van der Waals surface area contributed by atoms with Gasteiger partial charge in [0, 0.05) is 23.1 Å². The fourth-order valence-electron chi connectivity index (χ4n) is 2.02. The van der Waals surface area contributed by atoms with Crippen LogP contribution in [0.25, 0.3) is 0 Å². The van der Waals surface area contributed by atoms with E-state index in [4.69, 9.17) is 0 Å². The van der Waals surface area contributed by atoms with Gasteiger partial charge in [0.25, 0.3) is 5.91 Å². The molecule has 3 rings (SSSR count). The highest BCUT2D eigenvalue weighted by Crippen LogP contribution is 2.11. The summed E-state index contributed by atoms with van der Waals surface area (Å²) in [6.07, 6.45) is 6.64. The van der Waals surface area contributed by atoms with Crippen LogP contribution in [0.5, 0.6) is 0 Å². The number of pyridine rings is 1. The fraction of sp³-hybridized carbons (Fsp3) is 0.0588. The molecule has 0 aliphatic rings. The van der Waals surface area contributed by atoms with Crippen molar-refractivity contribution in [2.45, 2.75) is 6.54 Å². The zero-order valence-electron chi connectivity index (χ0n) is 12.6. The van der Waals surface area contributed by atoms with Crippen molar-refractivity contribution in [2.24, 2.45) is 5.10 Å². The van der Waals surface area contributed by atoms with E-state index in [1.807, 2.05) is 24.3 Å². The van der Waals surface area contributed by atoms with Crippen LogP contribution in [-0.2, 0) is 6.54 Å². The standard InChI is InChI=1S/C17H14BrN5O/c18-15-3-1-14(2-4-15)12-23-10-7-16(22-23)17(24)21-20-11-13-5-8-19-9-6-13/h1-11H,12H2,(H,21,24)/b20-11+.